The minimum absolute atomic E-state index is 0.291. The number of anilines is 2. The van der Waals surface area contributed by atoms with Crippen LogP contribution in [0.15, 0.2) is 54.6 Å². The van der Waals surface area contributed by atoms with Crippen molar-refractivity contribution in [1.29, 1.82) is 0 Å². The van der Waals surface area contributed by atoms with E-state index in [0.717, 1.165) is 23.0 Å². The van der Waals surface area contributed by atoms with Crippen molar-refractivity contribution in [2.45, 2.75) is 0 Å². The van der Waals surface area contributed by atoms with Gasteiger partial charge in [0, 0.05) is 24.5 Å². The minimum Gasteiger partial charge on any atom is -0.478 e. The number of benzene rings is 2. The van der Waals surface area contributed by atoms with Crippen molar-refractivity contribution in [3.05, 3.63) is 66.0 Å². The highest BCUT2D eigenvalue weighted by atomic mass is 19.1. The van der Waals surface area contributed by atoms with Crippen LogP contribution in [-0.2, 0) is 4.79 Å². The smallest absolute Gasteiger partial charge is 0.328 e. The highest BCUT2D eigenvalue weighted by molar-refractivity contribution is 5.87. The summed E-state index contributed by atoms with van der Waals surface area (Å²) in [6, 6.07) is 13.5. The van der Waals surface area contributed by atoms with E-state index in [1.807, 2.05) is 36.2 Å². The zero-order valence-electron chi connectivity index (χ0n) is 11.0. The summed E-state index contributed by atoms with van der Waals surface area (Å²) in [6.45, 7) is 0. The average molecular weight is 271 g/mol. The Morgan fingerprint density at radius 1 is 1.15 bits per heavy atom. The predicted molar refractivity (Wildman–Crippen MR) is 77.6 cm³/mol. The van der Waals surface area contributed by atoms with Crippen LogP contribution in [0, 0.1) is 5.82 Å². The Balaban J connectivity index is 2.36. The average Bonchev–Trinajstić information content (AvgIpc) is 2.45. The number of para-hydroxylation sites is 1. The number of halogens is 1. The molecule has 1 N–H and O–H groups in total. The van der Waals surface area contributed by atoms with E-state index in [4.69, 9.17) is 5.11 Å². The number of carboxylic acids is 1. The molecule has 0 atom stereocenters. The van der Waals surface area contributed by atoms with Crippen molar-refractivity contribution in [1.82, 2.24) is 0 Å². The molecule has 0 radical (unpaired) electrons. The third-order valence-corrected chi connectivity index (χ3v) is 2.92. The summed E-state index contributed by atoms with van der Waals surface area (Å²) in [7, 11) is 1.85. The Kier molecular flexibility index (Phi) is 4.15. The zero-order chi connectivity index (χ0) is 14.5. The van der Waals surface area contributed by atoms with Gasteiger partial charge in [0.2, 0.25) is 0 Å². The van der Waals surface area contributed by atoms with Gasteiger partial charge in [0.15, 0.2) is 0 Å². The van der Waals surface area contributed by atoms with E-state index in [9.17, 15) is 9.18 Å². The third kappa shape index (κ3) is 3.23. The Morgan fingerprint density at radius 3 is 2.45 bits per heavy atom. The lowest BCUT2D eigenvalue weighted by Gasteiger charge is -2.21. The normalized spacial score (nSPS) is 10.7. The minimum atomic E-state index is -0.996. The molecule has 0 saturated carbocycles. The topological polar surface area (TPSA) is 40.5 Å². The number of hydrogen-bond donors (Lipinski definition) is 1. The molecule has 0 aliphatic heterocycles. The SMILES string of the molecule is CN(c1ccc(F)cc1)c1ccccc1C=CC(=O)O. The lowest BCUT2D eigenvalue weighted by Crippen LogP contribution is -2.10. The van der Waals surface area contributed by atoms with Crippen molar-refractivity contribution in [3.8, 4) is 0 Å². The van der Waals surface area contributed by atoms with Gasteiger partial charge >= 0.3 is 5.97 Å². The van der Waals surface area contributed by atoms with Gasteiger partial charge in [-0.1, -0.05) is 18.2 Å². The van der Waals surface area contributed by atoms with Crippen molar-refractivity contribution in [2.24, 2.45) is 0 Å². The highest BCUT2D eigenvalue weighted by Gasteiger charge is 2.07. The van der Waals surface area contributed by atoms with Crippen LogP contribution in [0.25, 0.3) is 6.08 Å². The molecule has 0 unspecified atom stereocenters. The van der Waals surface area contributed by atoms with Gasteiger partial charge in [0.25, 0.3) is 0 Å². The van der Waals surface area contributed by atoms with Crippen LogP contribution in [0.3, 0.4) is 0 Å². The van der Waals surface area contributed by atoms with E-state index in [0.29, 0.717) is 0 Å². The maximum Gasteiger partial charge on any atom is 0.328 e. The molecule has 0 aromatic heterocycles. The summed E-state index contributed by atoms with van der Waals surface area (Å²) in [4.78, 5) is 12.5. The monoisotopic (exact) mass is 271 g/mol. The molecular formula is C16H14FNO2. The lowest BCUT2D eigenvalue weighted by molar-refractivity contribution is -0.131. The summed E-state index contributed by atoms with van der Waals surface area (Å²) < 4.78 is 12.9. The second-order valence-corrected chi connectivity index (χ2v) is 4.27. The van der Waals surface area contributed by atoms with E-state index in [-0.39, 0.29) is 5.82 Å². The van der Waals surface area contributed by atoms with E-state index in [1.54, 1.807) is 12.1 Å². The molecule has 0 bridgehead atoms. The first-order valence-corrected chi connectivity index (χ1v) is 6.07. The van der Waals surface area contributed by atoms with Crippen LogP contribution >= 0.6 is 0 Å². The maximum absolute atomic E-state index is 12.9. The molecule has 0 saturated heterocycles. The second kappa shape index (κ2) is 6.02. The summed E-state index contributed by atoms with van der Waals surface area (Å²) in [5.74, 6) is -1.29. The first kappa shape index (κ1) is 13.8. The number of aliphatic carboxylic acids is 1. The third-order valence-electron chi connectivity index (χ3n) is 2.92. The molecule has 4 heteroatoms. The number of carboxylic acid groups (broad SMARTS) is 1. The molecule has 102 valence electrons. The first-order chi connectivity index (χ1) is 9.58. The van der Waals surface area contributed by atoms with Gasteiger partial charge in [0.05, 0.1) is 0 Å². The molecule has 2 rings (SSSR count). The van der Waals surface area contributed by atoms with E-state index >= 15 is 0 Å². The zero-order valence-corrected chi connectivity index (χ0v) is 11.0. The Morgan fingerprint density at radius 2 is 1.80 bits per heavy atom. The van der Waals surface area contributed by atoms with Crippen LogP contribution in [0.1, 0.15) is 5.56 Å². The van der Waals surface area contributed by atoms with E-state index in [2.05, 4.69) is 0 Å². The van der Waals surface area contributed by atoms with Gasteiger partial charge in [-0.05, 0) is 42.0 Å². The molecule has 2 aromatic carbocycles. The number of nitrogens with zero attached hydrogens (tertiary/aromatic N) is 1. The van der Waals surface area contributed by atoms with Crippen molar-refractivity contribution < 1.29 is 14.3 Å². The molecule has 0 heterocycles. The van der Waals surface area contributed by atoms with Crippen LogP contribution < -0.4 is 4.90 Å². The molecule has 0 spiro atoms. The fourth-order valence-corrected chi connectivity index (χ4v) is 1.90. The van der Waals surface area contributed by atoms with Gasteiger partial charge in [-0.3, -0.25) is 0 Å². The first-order valence-electron chi connectivity index (χ1n) is 6.07. The fraction of sp³-hybridized carbons (Fsp3) is 0.0625. The standard InChI is InChI=1S/C16H14FNO2/c1-18(14-9-7-13(17)8-10-14)15-5-3-2-4-12(15)6-11-16(19)20/h2-11H,1H3,(H,19,20). The number of carbonyl (C=O) groups is 1. The van der Waals surface area contributed by atoms with Crippen LogP contribution in [-0.4, -0.2) is 18.1 Å². The van der Waals surface area contributed by atoms with Crippen LogP contribution in [0.5, 0.6) is 0 Å². The van der Waals surface area contributed by atoms with E-state index in [1.165, 1.54) is 18.2 Å². The van der Waals surface area contributed by atoms with Gasteiger partial charge in [-0.2, -0.15) is 0 Å². The van der Waals surface area contributed by atoms with Gasteiger partial charge < -0.3 is 10.0 Å². The molecule has 20 heavy (non-hydrogen) atoms. The van der Waals surface area contributed by atoms with Gasteiger partial charge in [-0.15, -0.1) is 0 Å². The highest BCUT2D eigenvalue weighted by Crippen LogP contribution is 2.27. The number of rotatable bonds is 4. The van der Waals surface area contributed by atoms with Crippen molar-refractivity contribution >= 4 is 23.4 Å². The van der Waals surface area contributed by atoms with Gasteiger partial charge in [0.1, 0.15) is 5.82 Å². The lowest BCUT2D eigenvalue weighted by atomic mass is 10.1. The van der Waals surface area contributed by atoms with Gasteiger partial charge in [-0.25, -0.2) is 9.18 Å². The summed E-state index contributed by atoms with van der Waals surface area (Å²) in [5.41, 5.74) is 2.45. The van der Waals surface area contributed by atoms with Crippen LogP contribution in [0.2, 0.25) is 0 Å². The Bertz CT molecular complexity index is 635. The fourth-order valence-electron chi connectivity index (χ4n) is 1.90. The Labute approximate surface area is 116 Å². The molecule has 2 aromatic rings. The summed E-state index contributed by atoms with van der Waals surface area (Å²) in [5, 5.41) is 8.71. The summed E-state index contributed by atoms with van der Waals surface area (Å²) in [6.07, 6.45) is 2.63. The number of hydrogen-bond acceptors (Lipinski definition) is 2. The predicted octanol–water partition coefficient (Wildman–Crippen LogP) is 3.69. The molecule has 0 fully saturated rings. The van der Waals surface area contributed by atoms with Crippen molar-refractivity contribution in [2.75, 3.05) is 11.9 Å². The maximum atomic E-state index is 12.9. The molecule has 3 nitrogen and oxygen atoms in total. The van der Waals surface area contributed by atoms with Crippen molar-refractivity contribution in [3.63, 3.8) is 0 Å². The van der Waals surface area contributed by atoms with Crippen LogP contribution in [0.4, 0.5) is 15.8 Å². The largest absolute Gasteiger partial charge is 0.478 e. The van der Waals surface area contributed by atoms with E-state index < -0.39 is 5.97 Å². The molecular weight excluding hydrogens is 257 g/mol. The second-order valence-electron chi connectivity index (χ2n) is 4.27. The Hall–Kier alpha value is -2.62. The molecule has 0 aliphatic carbocycles. The summed E-state index contributed by atoms with van der Waals surface area (Å²) >= 11 is 0. The quantitative estimate of drug-likeness (QED) is 0.862. The molecule has 0 amide bonds. The molecule has 0 aliphatic rings.